The molecule has 0 atom stereocenters. The first-order valence-corrected chi connectivity index (χ1v) is 7.18. The molecule has 0 bridgehead atoms. The van der Waals surface area contributed by atoms with Gasteiger partial charge in [-0.1, -0.05) is 6.92 Å². The third-order valence-electron chi connectivity index (χ3n) is 3.72. The van der Waals surface area contributed by atoms with E-state index in [-0.39, 0.29) is 17.6 Å². The fraction of sp³-hybridized carbons (Fsp3) is 0.533. The van der Waals surface area contributed by atoms with E-state index in [4.69, 9.17) is 5.73 Å². The third-order valence-corrected chi connectivity index (χ3v) is 3.72. The number of likely N-dealkylation sites (tertiary alicyclic amines) is 1. The number of rotatable bonds is 4. The Labute approximate surface area is 119 Å². The lowest BCUT2D eigenvalue weighted by molar-refractivity contribution is 0.0912. The standard InChI is InChI=1S/C15H22FN3O/c1-2-7-19-8-5-12(6-9-19)18-15(20)13-4-3-11(16)10-14(13)17/h3-4,10,12H,2,5-9,17H2,1H3,(H,18,20). The van der Waals surface area contributed by atoms with Gasteiger partial charge in [0.05, 0.1) is 5.56 Å². The van der Waals surface area contributed by atoms with E-state index >= 15 is 0 Å². The van der Waals surface area contributed by atoms with E-state index in [1.165, 1.54) is 18.2 Å². The number of nitrogens with two attached hydrogens (primary N) is 1. The highest BCUT2D eigenvalue weighted by Gasteiger charge is 2.21. The summed E-state index contributed by atoms with van der Waals surface area (Å²) in [5.41, 5.74) is 6.22. The van der Waals surface area contributed by atoms with Gasteiger partial charge in [0.2, 0.25) is 0 Å². The van der Waals surface area contributed by atoms with E-state index in [0.29, 0.717) is 5.56 Å². The minimum atomic E-state index is -0.424. The minimum absolute atomic E-state index is 0.181. The van der Waals surface area contributed by atoms with E-state index < -0.39 is 5.82 Å². The molecule has 5 heteroatoms. The number of nitrogen functional groups attached to an aromatic ring is 1. The average molecular weight is 279 g/mol. The number of nitrogens with one attached hydrogen (secondary N) is 1. The number of anilines is 1. The molecular weight excluding hydrogens is 257 g/mol. The smallest absolute Gasteiger partial charge is 0.253 e. The molecular formula is C15H22FN3O. The number of hydrogen-bond donors (Lipinski definition) is 2. The third kappa shape index (κ3) is 3.70. The fourth-order valence-electron chi connectivity index (χ4n) is 2.62. The Kier molecular flexibility index (Phi) is 4.95. The summed E-state index contributed by atoms with van der Waals surface area (Å²) >= 11 is 0. The van der Waals surface area contributed by atoms with Gasteiger partial charge in [-0.3, -0.25) is 4.79 Å². The van der Waals surface area contributed by atoms with Crippen molar-refractivity contribution in [3.63, 3.8) is 0 Å². The van der Waals surface area contributed by atoms with Gasteiger partial charge in [-0.25, -0.2) is 4.39 Å². The topological polar surface area (TPSA) is 58.4 Å². The van der Waals surface area contributed by atoms with Crippen LogP contribution in [0.15, 0.2) is 18.2 Å². The first-order valence-electron chi connectivity index (χ1n) is 7.18. The summed E-state index contributed by atoms with van der Waals surface area (Å²) < 4.78 is 13.0. The van der Waals surface area contributed by atoms with E-state index in [0.717, 1.165) is 38.9 Å². The number of carbonyl (C=O) groups excluding carboxylic acids is 1. The van der Waals surface area contributed by atoms with Gasteiger partial charge in [-0.15, -0.1) is 0 Å². The maximum absolute atomic E-state index is 13.0. The number of nitrogens with zero attached hydrogens (tertiary/aromatic N) is 1. The van der Waals surface area contributed by atoms with Gasteiger partial charge >= 0.3 is 0 Å². The Hall–Kier alpha value is -1.62. The zero-order chi connectivity index (χ0) is 14.5. The van der Waals surface area contributed by atoms with Crippen LogP contribution in [0, 0.1) is 5.82 Å². The lowest BCUT2D eigenvalue weighted by Gasteiger charge is -2.32. The highest BCUT2D eigenvalue weighted by atomic mass is 19.1. The van der Waals surface area contributed by atoms with Crippen molar-refractivity contribution in [2.24, 2.45) is 0 Å². The minimum Gasteiger partial charge on any atom is -0.398 e. The molecule has 110 valence electrons. The molecule has 20 heavy (non-hydrogen) atoms. The molecule has 0 unspecified atom stereocenters. The highest BCUT2D eigenvalue weighted by Crippen LogP contribution is 2.15. The van der Waals surface area contributed by atoms with Gasteiger partial charge in [0, 0.05) is 24.8 Å². The first-order chi connectivity index (χ1) is 9.60. The molecule has 0 aromatic heterocycles. The van der Waals surface area contributed by atoms with Crippen LogP contribution in [0.4, 0.5) is 10.1 Å². The lowest BCUT2D eigenvalue weighted by Crippen LogP contribution is -2.44. The molecule has 3 N–H and O–H groups in total. The second-order valence-electron chi connectivity index (χ2n) is 5.32. The van der Waals surface area contributed by atoms with E-state index in [2.05, 4.69) is 17.1 Å². The Bertz CT molecular complexity index is 470. The molecule has 1 heterocycles. The SMILES string of the molecule is CCCN1CCC(NC(=O)c2ccc(F)cc2N)CC1. The van der Waals surface area contributed by atoms with E-state index in [9.17, 15) is 9.18 Å². The number of piperidine rings is 1. The molecule has 0 spiro atoms. The van der Waals surface area contributed by atoms with Gasteiger partial charge in [-0.05, 0) is 44.0 Å². The first kappa shape index (κ1) is 14.8. The normalized spacial score (nSPS) is 17.1. The van der Waals surface area contributed by atoms with Crippen LogP contribution in [0.25, 0.3) is 0 Å². The molecule has 4 nitrogen and oxygen atoms in total. The number of hydrogen-bond acceptors (Lipinski definition) is 3. The van der Waals surface area contributed by atoms with Crippen LogP contribution in [-0.4, -0.2) is 36.5 Å². The quantitative estimate of drug-likeness (QED) is 0.829. The van der Waals surface area contributed by atoms with Crippen LogP contribution in [0.1, 0.15) is 36.5 Å². The van der Waals surface area contributed by atoms with Crippen LogP contribution in [0.3, 0.4) is 0 Å². The molecule has 0 saturated carbocycles. The Morgan fingerprint density at radius 1 is 1.45 bits per heavy atom. The summed E-state index contributed by atoms with van der Waals surface area (Å²) in [5.74, 6) is -0.636. The van der Waals surface area contributed by atoms with Gasteiger partial charge in [0.25, 0.3) is 5.91 Å². The van der Waals surface area contributed by atoms with Crippen molar-refractivity contribution < 1.29 is 9.18 Å². The zero-order valence-corrected chi connectivity index (χ0v) is 11.9. The van der Waals surface area contributed by atoms with E-state index in [1.807, 2.05) is 0 Å². The Morgan fingerprint density at radius 3 is 2.75 bits per heavy atom. The summed E-state index contributed by atoms with van der Waals surface area (Å²) in [6.07, 6.45) is 3.06. The lowest BCUT2D eigenvalue weighted by atomic mass is 10.0. The van der Waals surface area contributed by atoms with Crippen molar-refractivity contribution >= 4 is 11.6 Å². The van der Waals surface area contributed by atoms with Gasteiger partial charge in [-0.2, -0.15) is 0 Å². The second kappa shape index (κ2) is 6.70. The van der Waals surface area contributed by atoms with Gasteiger partial charge in [0.1, 0.15) is 5.82 Å². The van der Waals surface area contributed by atoms with Crippen LogP contribution >= 0.6 is 0 Å². The van der Waals surface area contributed by atoms with Gasteiger partial charge in [0.15, 0.2) is 0 Å². The second-order valence-corrected chi connectivity index (χ2v) is 5.32. The van der Waals surface area contributed by atoms with Crippen molar-refractivity contribution in [2.75, 3.05) is 25.4 Å². The monoisotopic (exact) mass is 279 g/mol. The molecule has 1 aliphatic heterocycles. The van der Waals surface area contributed by atoms with Crippen LogP contribution in [0.5, 0.6) is 0 Å². The summed E-state index contributed by atoms with van der Waals surface area (Å²) in [6, 6.07) is 4.06. The van der Waals surface area contributed by atoms with Crippen molar-refractivity contribution in [1.29, 1.82) is 0 Å². The molecule has 1 aliphatic rings. The summed E-state index contributed by atoms with van der Waals surface area (Å²) in [7, 11) is 0. The van der Waals surface area contributed by atoms with Crippen LogP contribution in [-0.2, 0) is 0 Å². The summed E-state index contributed by atoms with van der Waals surface area (Å²) in [6.45, 7) is 5.31. The Morgan fingerprint density at radius 2 is 2.15 bits per heavy atom. The maximum Gasteiger partial charge on any atom is 0.253 e. The number of amides is 1. The Balaban J connectivity index is 1.89. The maximum atomic E-state index is 13.0. The molecule has 1 saturated heterocycles. The van der Waals surface area contributed by atoms with Gasteiger partial charge < -0.3 is 16.0 Å². The van der Waals surface area contributed by atoms with Crippen molar-refractivity contribution in [3.8, 4) is 0 Å². The number of carbonyl (C=O) groups is 1. The van der Waals surface area contributed by atoms with Crippen LogP contribution < -0.4 is 11.1 Å². The molecule has 1 aromatic rings. The molecule has 0 aliphatic carbocycles. The molecule has 2 rings (SSSR count). The van der Waals surface area contributed by atoms with Crippen LogP contribution in [0.2, 0.25) is 0 Å². The predicted molar refractivity (Wildman–Crippen MR) is 78.0 cm³/mol. The summed E-state index contributed by atoms with van der Waals surface area (Å²) in [4.78, 5) is 14.5. The molecule has 1 amide bonds. The highest BCUT2D eigenvalue weighted by molar-refractivity contribution is 5.99. The van der Waals surface area contributed by atoms with Crippen molar-refractivity contribution in [1.82, 2.24) is 10.2 Å². The number of benzene rings is 1. The zero-order valence-electron chi connectivity index (χ0n) is 11.9. The number of halogens is 1. The molecule has 1 fully saturated rings. The summed E-state index contributed by atoms with van der Waals surface area (Å²) in [5, 5.41) is 2.99. The van der Waals surface area contributed by atoms with E-state index in [1.54, 1.807) is 0 Å². The van der Waals surface area contributed by atoms with Crippen molar-refractivity contribution in [2.45, 2.75) is 32.2 Å². The average Bonchev–Trinajstić information content (AvgIpc) is 2.41. The molecule has 1 aromatic carbocycles. The molecule has 0 radical (unpaired) electrons. The predicted octanol–water partition coefficient (Wildman–Crippen LogP) is 2.01. The van der Waals surface area contributed by atoms with Crippen molar-refractivity contribution in [3.05, 3.63) is 29.6 Å². The fourth-order valence-corrected chi connectivity index (χ4v) is 2.62. The largest absolute Gasteiger partial charge is 0.398 e.